The van der Waals surface area contributed by atoms with Gasteiger partial charge in [0.1, 0.15) is 5.82 Å². The van der Waals surface area contributed by atoms with E-state index in [1.54, 1.807) is 37.4 Å². The van der Waals surface area contributed by atoms with Gasteiger partial charge in [-0.15, -0.1) is 0 Å². The molecule has 1 aromatic carbocycles. The van der Waals surface area contributed by atoms with Gasteiger partial charge in [-0.2, -0.15) is 0 Å². The quantitative estimate of drug-likeness (QED) is 0.588. The number of nitrogens with zero attached hydrogens (tertiary/aromatic N) is 2. The van der Waals surface area contributed by atoms with Crippen LogP contribution >= 0.6 is 11.6 Å². The zero-order chi connectivity index (χ0) is 14.5. The number of nitrogens with one attached hydrogen (secondary N) is 2. The first kappa shape index (κ1) is 14.2. The molecule has 0 saturated carbocycles. The predicted molar refractivity (Wildman–Crippen MR) is 77.2 cm³/mol. The van der Waals surface area contributed by atoms with E-state index in [4.69, 9.17) is 17.4 Å². The van der Waals surface area contributed by atoms with Crippen molar-refractivity contribution in [1.29, 1.82) is 0 Å². The number of hydrogen-bond donors (Lipinski definition) is 3. The lowest BCUT2D eigenvalue weighted by Crippen LogP contribution is -2.25. The van der Waals surface area contributed by atoms with Gasteiger partial charge in [-0.3, -0.25) is 10.6 Å². The number of hydrogen-bond acceptors (Lipinski definition) is 5. The normalized spacial score (nSPS) is 10.2. The molecule has 104 valence electrons. The van der Waals surface area contributed by atoms with Gasteiger partial charge in [0.2, 0.25) is 0 Å². The minimum absolute atomic E-state index is 0.281. The monoisotopic (exact) mass is 291 g/mol. The molecule has 20 heavy (non-hydrogen) atoms. The number of nitrogen functional groups attached to an aromatic ring is 1. The molecule has 6 nitrogen and oxygen atoms in total. The molecule has 0 unspecified atom stereocenters. The van der Waals surface area contributed by atoms with E-state index in [0.29, 0.717) is 28.6 Å². The summed E-state index contributed by atoms with van der Waals surface area (Å²) in [6.45, 7) is 2.09. The smallest absolute Gasteiger partial charge is 0.253 e. The van der Waals surface area contributed by atoms with E-state index in [0.717, 1.165) is 5.69 Å². The largest absolute Gasteiger partial charge is 0.346 e. The van der Waals surface area contributed by atoms with E-state index in [9.17, 15) is 4.79 Å². The summed E-state index contributed by atoms with van der Waals surface area (Å²) < 4.78 is 0. The summed E-state index contributed by atoms with van der Waals surface area (Å²) in [7, 11) is 0. The van der Waals surface area contributed by atoms with E-state index < -0.39 is 0 Å². The van der Waals surface area contributed by atoms with Crippen molar-refractivity contribution in [3.8, 4) is 0 Å². The van der Waals surface area contributed by atoms with Gasteiger partial charge >= 0.3 is 0 Å². The number of benzene rings is 1. The molecule has 1 heterocycles. The fourth-order valence-electron chi connectivity index (χ4n) is 1.70. The molecule has 0 aliphatic heterocycles. The van der Waals surface area contributed by atoms with Gasteiger partial charge in [-0.25, -0.2) is 9.97 Å². The maximum atomic E-state index is 12.1. The fourth-order valence-corrected chi connectivity index (χ4v) is 1.87. The maximum absolute atomic E-state index is 12.1. The summed E-state index contributed by atoms with van der Waals surface area (Å²) in [6.07, 6.45) is 1.65. The van der Waals surface area contributed by atoms with Gasteiger partial charge in [-0.05, 0) is 31.2 Å². The third kappa shape index (κ3) is 3.43. The number of rotatable bonds is 4. The van der Waals surface area contributed by atoms with Gasteiger partial charge in [0, 0.05) is 11.2 Å². The third-order valence-electron chi connectivity index (χ3n) is 2.65. The average Bonchev–Trinajstić information content (AvgIpc) is 2.45. The Labute approximate surface area is 121 Å². The van der Waals surface area contributed by atoms with Crippen molar-refractivity contribution < 1.29 is 4.79 Å². The van der Waals surface area contributed by atoms with E-state index in [-0.39, 0.29) is 5.91 Å². The van der Waals surface area contributed by atoms with Crippen LogP contribution in [0.1, 0.15) is 21.9 Å². The van der Waals surface area contributed by atoms with Crippen molar-refractivity contribution in [1.82, 2.24) is 15.3 Å². The Kier molecular flexibility index (Phi) is 4.49. The summed E-state index contributed by atoms with van der Waals surface area (Å²) in [5, 5.41) is 3.23. The molecular formula is C13H14ClN5O. The van der Waals surface area contributed by atoms with E-state index in [1.165, 1.54) is 0 Å². The van der Waals surface area contributed by atoms with Crippen LogP contribution in [0.3, 0.4) is 0 Å². The predicted octanol–water partition coefficient (Wildman–Crippen LogP) is 1.65. The molecule has 0 bridgehead atoms. The number of nitrogens with two attached hydrogens (primary N) is 1. The van der Waals surface area contributed by atoms with Gasteiger partial charge in [0.05, 0.1) is 23.5 Å². The molecule has 4 N–H and O–H groups in total. The van der Waals surface area contributed by atoms with E-state index in [1.807, 2.05) is 0 Å². The van der Waals surface area contributed by atoms with Crippen molar-refractivity contribution in [2.75, 3.05) is 5.43 Å². The van der Waals surface area contributed by atoms with Gasteiger partial charge < -0.3 is 10.7 Å². The number of aromatic nitrogens is 2. The molecule has 7 heteroatoms. The van der Waals surface area contributed by atoms with Crippen LogP contribution in [0.25, 0.3) is 0 Å². The van der Waals surface area contributed by atoms with Gasteiger partial charge in [0.15, 0.2) is 0 Å². The van der Waals surface area contributed by atoms with Crippen LogP contribution < -0.4 is 16.6 Å². The van der Waals surface area contributed by atoms with Crippen LogP contribution in [0, 0.1) is 6.92 Å². The topological polar surface area (TPSA) is 92.9 Å². The molecule has 1 amide bonds. The molecule has 0 atom stereocenters. The van der Waals surface area contributed by atoms with Crippen LogP contribution in [0.5, 0.6) is 0 Å². The molecule has 0 spiro atoms. The molecule has 2 aromatic rings. The Morgan fingerprint density at radius 2 is 2.20 bits per heavy atom. The number of hydrazine groups is 1. The first-order chi connectivity index (χ1) is 9.60. The van der Waals surface area contributed by atoms with Crippen molar-refractivity contribution in [2.45, 2.75) is 13.5 Å². The summed E-state index contributed by atoms with van der Waals surface area (Å²) >= 11 is 5.89. The molecular weight excluding hydrogens is 278 g/mol. The van der Waals surface area contributed by atoms with Crippen molar-refractivity contribution in [3.05, 3.63) is 52.6 Å². The Morgan fingerprint density at radius 1 is 1.40 bits per heavy atom. The van der Waals surface area contributed by atoms with Crippen molar-refractivity contribution in [3.63, 3.8) is 0 Å². The van der Waals surface area contributed by atoms with Crippen LogP contribution in [-0.4, -0.2) is 15.9 Å². The molecule has 0 aliphatic carbocycles. The average molecular weight is 292 g/mol. The first-order valence-electron chi connectivity index (χ1n) is 5.93. The van der Waals surface area contributed by atoms with E-state index in [2.05, 4.69) is 20.7 Å². The molecule has 0 aliphatic rings. The summed E-state index contributed by atoms with van der Waals surface area (Å²) in [5.41, 5.74) is 4.08. The molecule has 1 aromatic heterocycles. The second-order valence-corrected chi connectivity index (χ2v) is 4.55. The SMILES string of the molecule is Cc1nccc(CNC(=O)c2cc(Cl)ccc2NN)n1. The van der Waals surface area contributed by atoms with E-state index >= 15 is 0 Å². The first-order valence-corrected chi connectivity index (χ1v) is 6.31. The molecule has 2 rings (SSSR count). The number of halogens is 1. The lowest BCUT2D eigenvalue weighted by atomic mass is 10.1. The van der Waals surface area contributed by atoms with Gasteiger partial charge in [0.25, 0.3) is 5.91 Å². The number of amides is 1. The summed E-state index contributed by atoms with van der Waals surface area (Å²) in [5.74, 6) is 5.75. The van der Waals surface area contributed by atoms with Crippen LogP contribution in [-0.2, 0) is 6.54 Å². The van der Waals surface area contributed by atoms with Crippen LogP contribution in [0.15, 0.2) is 30.5 Å². The van der Waals surface area contributed by atoms with Crippen LogP contribution in [0.4, 0.5) is 5.69 Å². The van der Waals surface area contributed by atoms with Crippen molar-refractivity contribution >= 4 is 23.2 Å². The second-order valence-electron chi connectivity index (χ2n) is 4.11. The Hall–Kier alpha value is -2.18. The number of aryl methyl sites for hydroxylation is 1. The Bertz CT molecular complexity index is 632. The maximum Gasteiger partial charge on any atom is 0.253 e. The summed E-state index contributed by atoms with van der Waals surface area (Å²) in [4.78, 5) is 20.3. The standard InChI is InChI=1S/C13H14ClN5O/c1-8-16-5-4-10(18-8)7-17-13(20)11-6-9(14)2-3-12(11)19-15/h2-6,19H,7,15H2,1H3,(H,17,20). The third-order valence-corrected chi connectivity index (χ3v) is 2.88. The fraction of sp³-hybridized carbons (Fsp3) is 0.154. The number of anilines is 1. The highest BCUT2D eigenvalue weighted by molar-refractivity contribution is 6.31. The zero-order valence-electron chi connectivity index (χ0n) is 10.9. The molecule has 0 saturated heterocycles. The van der Waals surface area contributed by atoms with Crippen molar-refractivity contribution in [2.24, 2.45) is 5.84 Å². The highest BCUT2D eigenvalue weighted by Gasteiger charge is 2.11. The molecule has 0 radical (unpaired) electrons. The minimum Gasteiger partial charge on any atom is -0.346 e. The number of carbonyl (C=O) groups excluding carboxylic acids is 1. The Balaban J connectivity index is 2.10. The second kappa shape index (κ2) is 6.31. The summed E-state index contributed by atoms with van der Waals surface area (Å²) in [6, 6.07) is 6.60. The Morgan fingerprint density at radius 3 is 2.90 bits per heavy atom. The highest BCUT2D eigenvalue weighted by atomic mass is 35.5. The lowest BCUT2D eigenvalue weighted by molar-refractivity contribution is 0.0951. The minimum atomic E-state index is -0.281. The van der Waals surface area contributed by atoms with Crippen LogP contribution in [0.2, 0.25) is 5.02 Å². The molecule has 0 fully saturated rings. The number of carbonyl (C=O) groups is 1. The van der Waals surface area contributed by atoms with Gasteiger partial charge in [-0.1, -0.05) is 11.6 Å². The zero-order valence-corrected chi connectivity index (χ0v) is 11.6. The highest BCUT2D eigenvalue weighted by Crippen LogP contribution is 2.19. The lowest BCUT2D eigenvalue weighted by Gasteiger charge is -2.10.